The summed E-state index contributed by atoms with van der Waals surface area (Å²) in [7, 11) is 0. The van der Waals surface area contributed by atoms with E-state index in [4.69, 9.17) is 16.3 Å². The second-order valence-corrected chi connectivity index (χ2v) is 3.77. The Hall–Kier alpha value is -0.500. The van der Waals surface area contributed by atoms with Crippen molar-refractivity contribution in [2.24, 2.45) is 5.92 Å². The predicted octanol–water partition coefficient (Wildman–Crippen LogP) is 2.51. The Morgan fingerprint density at radius 1 is 1.77 bits per heavy atom. The van der Waals surface area contributed by atoms with Gasteiger partial charge in [0.05, 0.1) is 6.61 Å². The van der Waals surface area contributed by atoms with E-state index in [1.54, 1.807) is 0 Å². The Labute approximate surface area is 83.9 Å². The van der Waals surface area contributed by atoms with Crippen LogP contribution in [0.2, 0.25) is 0 Å². The van der Waals surface area contributed by atoms with E-state index in [0.29, 0.717) is 12.5 Å². The Balaban J connectivity index is 2.20. The Bertz CT molecular complexity index is 211. The van der Waals surface area contributed by atoms with Crippen LogP contribution >= 0.6 is 11.6 Å². The average Bonchev–Trinajstić information content (AvgIpc) is 2.16. The normalized spacial score (nSPS) is 22.3. The lowest BCUT2D eigenvalue weighted by atomic mass is 9.91. The minimum Gasteiger partial charge on any atom is -0.464 e. The van der Waals surface area contributed by atoms with Gasteiger partial charge in [0.1, 0.15) is 5.88 Å². The molecule has 0 spiro atoms. The molecule has 0 amide bonds. The van der Waals surface area contributed by atoms with Gasteiger partial charge in [0.15, 0.2) is 0 Å². The third kappa shape index (κ3) is 3.81. The van der Waals surface area contributed by atoms with Gasteiger partial charge in [0.25, 0.3) is 0 Å². The molecule has 0 saturated heterocycles. The second-order valence-electron chi connectivity index (χ2n) is 3.51. The molecule has 0 N–H and O–H groups in total. The Kier molecular flexibility index (Phi) is 4.29. The van der Waals surface area contributed by atoms with Gasteiger partial charge in [-0.05, 0) is 32.1 Å². The lowest BCUT2D eigenvalue weighted by molar-refractivity contribution is -0.142. The maximum atomic E-state index is 10.7. The third-order valence-electron chi connectivity index (χ3n) is 2.34. The van der Waals surface area contributed by atoms with Crippen LogP contribution in [-0.4, -0.2) is 18.5 Å². The quantitative estimate of drug-likeness (QED) is 0.399. The molecule has 3 heteroatoms. The van der Waals surface area contributed by atoms with E-state index in [2.05, 4.69) is 13.0 Å². The van der Waals surface area contributed by atoms with Crippen molar-refractivity contribution >= 4 is 17.6 Å². The molecule has 2 nitrogen and oxygen atoms in total. The van der Waals surface area contributed by atoms with Crippen molar-refractivity contribution in [1.29, 1.82) is 0 Å². The molecule has 0 aromatic heterocycles. The van der Waals surface area contributed by atoms with Gasteiger partial charge < -0.3 is 4.74 Å². The first-order valence-electron chi connectivity index (χ1n) is 4.59. The van der Waals surface area contributed by atoms with E-state index in [1.165, 1.54) is 5.57 Å². The van der Waals surface area contributed by atoms with Crippen molar-refractivity contribution in [2.45, 2.75) is 26.2 Å². The van der Waals surface area contributed by atoms with Crippen LogP contribution in [0.1, 0.15) is 26.2 Å². The number of esters is 1. The zero-order valence-corrected chi connectivity index (χ0v) is 8.64. The number of hydrogen-bond donors (Lipinski definition) is 0. The summed E-state index contributed by atoms with van der Waals surface area (Å²) in [6.45, 7) is 2.66. The zero-order chi connectivity index (χ0) is 9.68. The van der Waals surface area contributed by atoms with E-state index in [1.807, 2.05) is 0 Å². The highest BCUT2D eigenvalue weighted by molar-refractivity contribution is 6.26. The second kappa shape index (κ2) is 5.28. The highest BCUT2D eigenvalue weighted by Gasteiger charge is 2.14. The fourth-order valence-electron chi connectivity index (χ4n) is 1.42. The number of ether oxygens (including phenoxy) is 1. The molecule has 1 rings (SSSR count). The van der Waals surface area contributed by atoms with Crippen LogP contribution in [-0.2, 0) is 9.53 Å². The van der Waals surface area contributed by atoms with Gasteiger partial charge in [-0.2, -0.15) is 0 Å². The SMILES string of the molecule is CC1=CC[C@@H](COC(=O)CCl)CC1. The molecule has 0 unspecified atom stereocenters. The van der Waals surface area contributed by atoms with E-state index in [-0.39, 0.29) is 11.8 Å². The lowest BCUT2D eigenvalue weighted by Crippen LogP contribution is -2.16. The van der Waals surface area contributed by atoms with Gasteiger partial charge in [0.2, 0.25) is 0 Å². The predicted molar refractivity (Wildman–Crippen MR) is 52.8 cm³/mol. The summed E-state index contributed by atoms with van der Waals surface area (Å²) in [4.78, 5) is 10.7. The van der Waals surface area contributed by atoms with Crippen molar-refractivity contribution < 1.29 is 9.53 Å². The summed E-state index contributed by atoms with van der Waals surface area (Å²) in [6, 6.07) is 0. The standard InChI is InChI=1S/C10H15ClO2/c1-8-2-4-9(5-3-8)7-13-10(12)6-11/h2,9H,3-7H2,1H3/t9-/m1/s1. The minimum atomic E-state index is -0.312. The summed E-state index contributed by atoms with van der Waals surface area (Å²) >= 11 is 5.31. The first-order chi connectivity index (χ1) is 6.22. The number of allylic oxidation sites excluding steroid dienone is 2. The first-order valence-corrected chi connectivity index (χ1v) is 5.13. The number of carbonyl (C=O) groups excluding carboxylic acids is 1. The maximum Gasteiger partial charge on any atom is 0.320 e. The van der Waals surface area contributed by atoms with Gasteiger partial charge in [0, 0.05) is 0 Å². The van der Waals surface area contributed by atoms with Crippen LogP contribution < -0.4 is 0 Å². The van der Waals surface area contributed by atoms with E-state index in [0.717, 1.165) is 19.3 Å². The number of halogens is 1. The molecule has 0 saturated carbocycles. The van der Waals surface area contributed by atoms with Gasteiger partial charge in [-0.3, -0.25) is 4.79 Å². The van der Waals surface area contributed by atoms with Crippen LogP contribution in [0.25, 0.3) is 0 Å². The van der Waals surface area contributed by atoms with Crippen molar-refractivity contribution in [3.8, 4) is 0 Å². The lowest BCUT2D eigenvalue weighted by Gasteiger charge is -2.19. The van der Waals surface area contributed by atoms with Crippen LogP contribution in [0.15, 0.2) is 11.6 Å². The van der Waals surface area contributed by atoms with Crippen molar-refractivity contribution in [1.82, 2.24) is 0 Å². The van der Waals surface area contributed by atoms with Crippen LogP contribution in [0.4, 0.5) is 0 Å². The Morgan fingerprint density at radius 3 is 3.08 bits per heavy atom. The summed E-state index contributed by atoms with van der Waals surface area (Å²) < 4.78 is 4.97. The van der Waals surface area contributed by atoms with E-state index in [9.17, 15) is 4.79 Å². The molecule has 0 fully saturated rings. The van der Waals surface area contributed by atoms with Crippen LogP contribution in [0.5, 0.6) is 0 Å². The smallest absolute Gasteiger partial charge is 0.320 e. The number of carbonyl (C=O) groups is 1. The number of alkyl halides is 1. The molecule has 1 aliphatic rings. The number of rotatable bonds is 3. The van der Waals surface area contributed by atoms with E-state index < -0.39 is 0 Å². The fourth-order valence-corrected chi connectivity index (χ4v) is 1.50. The summed E-state index contributed by atoms with van der Waals surface area (Å²) in [5.41, 5.74) is 1.44. The summed E-state index contributed by atoms with van der Waals surface area (Å²) in [5, 5.41) is 0. The average molecular weight is 203 g/mol. The molecular formula is C10H15ClO2. The van der Waals surface area contributed by atoms with Gasteiger partial charge >= 0.3 is 5.97 Å². The highest BCUT2D eigenvalue weighted by atomic mass is 35.5. The Morgan fingerprint density at radius 2 is 2.54 bits per heavy atom. The molecule has 74 valence electrons. The monoisotopic (exact) mass is 202 g/mol. The molecule has 1 aliphatic carbocycles. The molecule has 0 heterocycles. The molecular weight excluding hydrogens is 188 g/mol. The molecule has 1 atom stereocenters. The molecule has 13 heavy (non-hydrogen) atoms. The molecule has 0 bridgehead atoms. The van der Waals surface area contributed by atoms with Crippen LogP contribution in [0, 0.1) is 5.92 Å². The first kappa shape index (κ1) is 10.6. The topological polar surface area (TPSA) is 26.3 Å². The molecule has 0 radical (unpaired) electrons. The van der Waals surface area contributed by atoms with Gasteiger partial charge in [-0.25, -0.2) is 0 Å². The summed E-state index contributed by atoms with van der Waals surface area (Å²) in [5.74, 6) is 0.144. The van der Waals surface area contributed by atoms with Crippen molar-refractivity contribution in [3.05, 3.63) is 11.6 Å². The van der Waals surface area contributed by atoms with Crippen LogP contribution in [0.3, 0.4) is 0 Å². The number of hydrogen-bond acceptors (Lipinski definition) is 2. The summed E-state index contributed by atoms with van der Waals surface area (Å²) in [6.07, 6.45) is 5.51. The van der Waals surface area contributed by atoms with Crippen molar-refractivity contribution in [2.75, 3.05) is 12.5 Å². The fraction of sp³-hybridized carbons (Fsp3) is 0.700. The third-order valence-corrected chi connectivity index (χ3v) is 2.55. The largest absolute Gasteiger partial charge is 0.464 e. The zero-order valence-electron chi connectivity index (χ0n) is 7.88. The van der Waals surface area contributed by atoms with Gasteiger partial charge in [-0.1, -0.05) is 11.6 Å². The van der Waals surface area contributed by atoms with E-state index >= 15 is 0 Å². The molecule has 0 aliphatic heterocycles. The van der Waals surface area contributed by atoms with Gasteiger partial charge in [-0.15, -0.1) is 11.6 Å². The highest BCUT2D eigenvalue weighted by Crippen LogP contribution is 2.23. The van der Waals surface area contributed by atoms with Crippen molar-refractivity contribution in [3.63, 3.8) is 0 Å². The molecule has 0 aromatic rings. The maximum absolute atomic E-state index is 10.7. The molecule has 0 aromatic carbocycles. The minimum absolute atomic E-state index is 0.0401.